The predicted molar refractivity (Wildman–Crippen MR) is 54.5 cm³/mol. The first-order valence-electron chi connectivity index (χ1n) is 4.82. The van der Waals surface area contributed by atoms with Crippen molar-refractivity contribution in [3.05, 3.63) is 35.4 Å². The van der Waals surface area contributed by atoms with Gasteiger partial charge in [0, 0.05) is 13.2 Å². The molecule has 0 aromatic heterocycles. The fourth-order valence-corrected chi connectivity index (χ4v) is 1.37. The Balaban J connectivity index is 2.53. The van der Waals surface area contributed by atoms with Crippen LogP contribution in [0.2, 0.25) is 0 Å². The van der Waals surface area contributed by atoms with Crippen LogP contribution >= 0.6 is 0 Å². The van der Waals surface area contributed by atoms with Crippen LogP contribution < -0.4 is 5.73 Å². The number of nitrogens with two attached hydrogens (primary N) is 1. The van der Waals surface area contributed by atoms with Crippen molar-refractivity contribution >= 4 is 0 Å². The highest BCUT2D eigenvalue weighted by molar-refractivity contribution is 5.18. The van der Waals surface area contributed by atoms with Crippen molar-refractivity contribution in [3.8, 4) is 0 Å². The van der Waals surface area contributed by atoms with Crippen molar-refractivity contribution in [2.75, 3.05) is 13.7 Å². The van der Waals surface area contributed by atoms with Crippen molar-refractivity contribution in [1.29, 1.82) is 0 Å². The Morgan fingerprint density at radius 2 is 2.13 bits per heavy atom. The van der Waals surface area contributed by atoms with E-state index in [-0.39, 0.29) is 11.9 Å². The third-order valence-electron chi connectivity index (χ3n) is 2.17. The Morgan fingerprint density at radius 3 is 2.80 bits per heavy atom. The van der Waals surface area contributed by atoms with Gasteiger partial charge in [0.25, 0.3) is 0 Å². The maximum absolute atomic E-state index is 13.2. The quantitative estimate of drug-likeness (QED) is 0.813. The molecule has 0 fully saturated rings. The molecule has 4 heteroatoms. The molecule has 1 aromatic carbocycles. The maximum atomic E-state index is 13.2. The third kappa shape index (κ3) is 3.93. The molecule has 1 atom stereocenters. The Kier molecular flexibility index (Phi) is 4.65. The molecule has 0 aliphatic carbocycles. The molecule has 0 aliphatic heterocycles. The van der Waals surface area contributed by atoms with Crippen LogP contribution in [0, 0.1) is 11.6 Å². The summed E-state index contributed by atoms with van der Waals surface area (Å²) in [4.78, 5) is 0. The molecule has 0 amide bonds. The van der Waals surface area contributed by atoms with E-state index >= 15 is 0 Å². The molecule has 0 heterocycles. The summed E-state index contributed by atoms with van der Waals surface area (Å²) in [5, 5.41) is 0. The smallest absolute Gasteiger partial charge is 0.126 e. The van der Waals surface area contributed by atoms with Gasteiger partial charge >= 0.3 is 0 Å². The maximum Gasteiger partial charge on any atom is 0.126 e. The molecule has 2 N–H and O–H groups in total. The monoisotopic (exact) mass is 215 g/mol. The van der Waals surface area contributed by atoms with Crippen LogP contribution in [-0.2, 0) is 11.2 Å². The predicted octanol–water partition coefficient (Wildman–Crippen LogP) is 1.87. The van der Waals surface area contributed by atoms with E-state index in [2.05, 4.69) is 0 Å². The number of halogens is 2. The lowest BCUT2D eigenvalue weighted by Gasteiger charge is -2.10. The van der Waals surface area contributed by atoms with E-state index in [9.17, 15) is 8.78 Å². The SMILES string of the molecule is COCC(N)CCc1cc(F)ccc1F. The van der Waals surface area contributed by atoms with Gasteiger partial charge in [0.1, 0.15) is 11.6 Å². The zero-order chi connectivity index (χ0) is 11.3. The highest BCUT2D eigenvalue weighted by Gasteiger charge is 2.07. The standard InChI is InChI=1S/C11H15F2NO/c1-15-7-10(14)4-2-8-6-9(12)3-5-11(8)13/h3,5-6,10H,2,4,7,14H2,1H3. The first kappa shape index (κ1) is 12.1. The highest BCUT2D eigenvalue weighted by Crippen LogP contribution is 2.12. The summed E-state index contributed by atoms with van der Waals surface area (Å²) < 4.78 is 30.8. The van der Waals surface area contributed by atoms with Gasteiger partial charge in [-0.2, -0.15) is 0 Å². The number of aryl methyl sites for hydroxylation is 1. The summed E-state index contributed by atoms with van der Waals surface area (Å²) in [6, 6.07) is 3.30. The number of rotatable bonds is 5. The van der Waals surface area contributed by atoms with Gasteiger partial charge in [0.15, 0.2) is 0 Å². The third-order valence-corrected chi connectivity index (χ3v) is 2.17. The number of methoxy groups -OCH3 is 1. The average molecular weight is 215 g/mol. The molecule has 0 aliphatic rings. The van der Waals surface area contributed by atoms with E-state index in [1.54, 1.807) is 7.11 Å². The molecule has 1 rings (SSSR count). The van der Waals surface area contributed by atoms with Crippen molar-refractivity contribution < 1.29 is 13.5 Å². The zero-order valence-electron chi connectivity index (χ0n) is 8.67. The average Bonchev–Trinajstić information content (AvgIpc) is 2.20. The summed E-state index contributed by atoms with van der Waals surface area (Å²) in [5.41, 5.74) is 6.04. The van der Waals surface area contributed by atoms with Gasteiger partial charge in [0.05, 0.1) is 6.61 Å². The summed E-state index contributed by atoms with van der Waals surface area (Å²) in [5.74, 6) is -0.812. The lowest BCUT2D eigenvalue weighted by atomic mass is 10.1. The van der Waals surface area contributed by atoms with Gasteiger partial charge in [-0.1, -0.05) is 0 Å². The molecule has 1 unspecified atom stereocenters. The number of benzene rings is 1. The van der Waals surface area contributed by atoms with E-state index in [1.807, 2.05) is 0 Å². The van der Waals surface area contributed by atoms with Crippen LogP contribution in [0.1, 0.15) is 12.0 Å². The first-order chi connectivity index (χ1) is 7.13. The van der Waals surface area contributed by atoms with Crippen molar-refractivity contribution in [3.63, 3.8) is 0 Å². The molecule has 0 saturated carbocycles. The van der Waals surface area contributed by atoms with Crippen molar-refractivity contribution in [2.24, 2.45) is 5.73 Å². The molecule has 0 bridgehead atoms. The highest BCUT2D eigenvalue weighted by atomic mass is 19.1. The largest absolute Gasteiger partial charge is 0.383 e. The lowest BCUT2D eigenvalue weighted by molar-refractivity contribution is 0.177. The Hall–Kier alpha value is -1.00. The molecule has 15 heavy (non-hydrogen) atoms. The van der Waals surface area contributed by atoms with Gasteiger partial charge in [-0.05, 0) is 36.6 Å². The van der Waals surface area contributed by atoms with Crippen LogP contribution in [0.25, 0.3) is 0 Å². The van der Waals surface area contributed by atoms with Crippen LogP contribution in [0.4, 0.5) is 8.78 Å². The minimum absolute atomic E-state index is 0.141. The van der Waals surface area contributed by atoms with E-state index in [1.165, 1.54) is 6.07 Å². The fourth-order valence-electron chi connectivity index (χ4n) is 1.37. The van der Waals surface area contributed by atoms with Crippen LogP contribution in [0.5, 0.6) is 0 Å². The van der Waals surface area contributed by atoms with Crippen molar-refractivity contribution in [1.82, 2.24) is 0 Å². The minimum atomic E-state index is -0.424. The Labute approximate surface area is 88.0 Å². The molecule has 0 spiro atoms. The summed E-state index contributed by atoms with van der Waals surface area (Å²) >= 11 is 0. The van der Waals surface area contributed by atoms with E-state index in [0.29, 0.717) is 25.0 Å². The Bertz CT molecular complexity index is 317. The first-order valence-corrected chi connectivity index (χ1v) is 4.82. The summed E-state index contributed by atoms with van der Waals surface area (Å²) in [6.07, 6.45) is 1.00. The topological polar surface area (TPSA) is 35.2 Å². The van der Waals surface area contributed by atoms with Crippen LogP contribution in [0.15, 0.2) is 18.2 Å². The second-order valence-electron chi connectivity index (χ2n) is 3.49. The second-order valence-corrected chi connectivity index (χ2v) is 3.49. The van der Waals surface area contributed by atoms with Gasteiger partial charge in [-0.15, -0.1) is 0 Å². The summed E-state index contributed by atoms with van der Waals surface area (Å²) in [7, 11) is 1.56. The Morgan fingerprint density at radius 1 is 1.40 bits per heavy atom. The van der Waals surface area contributed by atoms with E-state index in [4.69, 9.17) is 10.5 Å². The number of hydrogen-bond donors (Lipinski definition) is 1. The van der Waals surface area contributed by atoms with Crippen LogP contribution in [-0.4, -0.2) is 19.8 Å². The van der Waals surface area contributed by atoms with Crippen LogP contribution in [0.3, 0.4) is 0 Å². The normalized spacial score (nSPS) is 12.8. The van der Waals surface area contributed by atoms with Crippen molar-refractivity contribution in [2.45, 2.75) is 18.9 Å². The molecule has 84 valence electrons. The summed E-state index contributed by atoms with van der Waals surface area (Å²) in [6.45, 7) is 0.428. The molecule has 0 saturated heterocycles. The van der Waals surface area contributed by atoms with E-state index in [0.717, 1.165) is 12.1 Å². The molecular weight excluding hydrogens is 200 g/mol. The zero-order valence-corrected chi connectivity index (χ0v) is 8.67. The molecule has 1 aromatic rings. The number of hydrogen-bond acceptors (Lipinski definition) is 2. The molecule has 2 nitrogen and oxygen atoms in total. The second kappa shape index (κ2) is 5.78. The van der Waals surface area contributed by atoms with Gasteiger partial charge in [-0.3, -0.25) is 0 Å². The number of ether oxygens (including phenoxy) is 1. The van der Waals surface area contributed by atoms with Gasteiger partial charge in [-0.25, -0.2) is 8.78 Å². The lowest BCUT2D eigenvalue weighted by Crippen LogP contribution is -2.26. The molecular formula is C11H15F2NO. The minimum Gasteiger partial charge on any atom is -0.383 e. The fraction of sp³-hybridized carbons (Fsp3) is 0.455. The molecule has 0 radical (unpaired) electrons. The van der Waals surface area contributed by atoms with Gasteiger partial charge < -0.3 is 10.5 Å². The van der Waals surface area contributed by atoms with E-state index < -0.39 is 5.82 Å². The van der Waals surface area contributed by atoms with Gasteiger partial charge in [0.2, 0.25) is 0 Å².